The standard InChI is InChI=1S/C29H31BO2/c1-3-4-5-6-7-12-19-29(30)26-16-11-10-14-23(26)24-18-17-21(20-27(24)29)22-13-8-9-15-25(22)28(31)32-2/h8-11,13-18,20H,3-7,12,19H2,1-2H3. The van der Waals surface area contributed by atoms with Gasteiger partial charge in [-0.05, 0) is 51.2 Å². The first-order valence-electron chi connectivity index (χ1n) is 11.8. The van der Waals surface area contributed by atoms with Gasteiger partial charge in [-0.1, -0.05) is 106 Å². The molecule has 1 aliphatic carbocycles. The van der Waals surface area contributed by atoms with Crippen LogP contribution in [0, 0.1) is 0 Å². The SMILES string of the molecule is [B]C1(CCCCCCCC)c2ccccc2-c2ccc(-c3ccccc3C(=O)OC)cc21. The van der Waals surface area contributed by atoms with E-state index in [0.717, 1.165) is 29.5 Å². The zero-order valence-electron chi connectivity index (χ0n) is 19.2. The first-order valence-corrected chi connectivity index (χ1v) is 11.8. The Morgan fingerprint density at radius 2 is 1.47 bits per heavy atom. The first kappa shape index (κ1) is 22.4. The second-order valence-electron chi connectivity index (χ2n) is 8.83. The number of hydrogen-bond donors (Lipinski definition) is 0. The van der Waals surface area contributed by atoms with E-state index in [1.807, 2.05) is 24.3 Å². The Hall–Kier alpha value is -2.81. The molecular weight excluding hydrogens is 391 g/mol. The highest BCUT2D eigenvalue weighted by atomic mass is 16.5. The summed E-state index contributed by atoms with van der Waals surface area (Å²) >= 11 is 0. The predicted molar refractivity (Wildman–Crippen MR) is 133 cm³/mol. The maximum atomic E-state index is 12.3. The number of carbonyl (C=O) groups is 1. The van der Waals surface area contributed by atoms with Crippen molar-refractivity contribution in [1.29, 1.82) is 0 Å². The predicted octanol–water partition coefficient (Wildman–Crippen LogP) is 7.28. The lowest BCUT2D eigenvalue weighted by Gasteiger charge is -2.28. The highest BCUT2D eigenvalue weighted by molar-refractivity contribution is 6.21. The van der Waals surface area contributed by atoms with Crippen molar-refractivity contribution >= 4 is 13.8 Å². The summed E-state index contributed by atoms with van der Waals surface area (Å²) in [4.78, 5) is 12.3. The molecule has 2 radical (unpaired) electrons. The summed E-state index contributed by atoms with van der Waals surface area (Å²) in [6, 6.07) is 22.6. The minimum absolute atomic E-state index is 0.324. The molecule has 162 valence electrons. The average Bonchev–Trinajstić information content (AvgIpc) is 3.09. The van der Waals surface area contributed by atoms with Crippen LogP contribution in [-0.4, -0.2) is 20.9 Å². The third-order valence-electron chi connectivity index (χ3n) is 6.77. The van der Waals surface area contributed by atoms with Crippen molar-refractivity contribution < 1.29 is 9.53 Å². The number of benzene rings is 3. The van der Waals surface area contributed by atoms with E-state index >= 15 is 0 Å². The molecule has 0 N–H and O–H groups in total. The van der Waals surface area contributed by atoms with Gasteiger partial charge in [0.15, 0.2) is 0 Å². The van der Waals surface area contributed by atoms with E-state index in [0.29, 0.717) is 5.56 Å². The van der Waals surface area contributed by atoms with Gasteiger partial charge in [0, 0.05) is 0 Å². The molecule has 0 saturated heterocycles. The number of carbonyl (C=O) groups excluding carboxylic acids is 1. The molecule has 0 fully saturated rings. The molecule has 0 amide bonds. The normalized spacial score (nSPS) is 16.4. The van der Waals surface area contributed by atoms with Gasteiger partial charge >= 0.3 is 5.97 Å². The molecule has 0 heterocycles. The maximum Gasteiger partial charge on any atom is 0.338 e. The number of fused-ring (bicyclic) bond motifs is 3. The second kappa shape index (κ2) is 9.77. The van der Waals surface area contributed by atoms with Gasteiger partial charge in [-0.25, -0.2) is 4.79 Å². The highest BCUT2D eigenvalue weighted by Gasteiger charge is 2.38. The van der Waals surface area contributed by atoms with Crippen molar-refractivity contribution in [1.82, 2.24) is 0 Å². The summed E-state index contributed by atoms with van der Waals surface area (Å²) in [7, 11) is 8.62. The molecule has 0 spiro atoms. The number of methoxy groups -OCH3 is 1. The van der Waals surface area contributed by atoms with Crippen LogP contribution in [-0.2, 0) is 10.1 Å². The van der Waals surface area contributed by atoms with Gasteiger partial charge < -0.3 is 4.74 Å². The Morgan fingerprint density at radius 3 is 2.25 bits per heavy atom. The van der Waals surface area contributed by atoms with Gasteiger partial charge in [-0.15, -0.1) is 0 Å². The lowest BCUT2D eigenvalue weighted by molar-refractivity contribution is 0.0601. The van der Waals surface area contributed by atoms with Crippen LogP contribution in [0.5, 0.6) is 0 Å². The lowest BCUT2D eigenvalue weighted by atomic mass is 9.59. The van der Waals surface area contributed by atoms with Gasteiger partial charge in [-0.2, -0.15) is 0 Å². The second-order valence-corrected chi connectivity index (χ2v) is 8.83. The van der Waals surface area contributed by atoms with Gasteiger partial charge in [0.05, 0.1) is 20.5 Å². The van der Waals surface area contributed by atoms with Crippen molar-refractivity contribution in [3.63, 3.8) is 0 Å². The molecule has 0 aromatic heterocycles. The average molecular weight is 422 g/mol. The summed E-state index contributed by atoms with van der Waals surface area (Å²) in [5.74, 6) is -0.324. The van der Waals surface area contributed by atoms with Gasteiger partial charge in [0.1, 0.15) is 0 Å². The highest BCUT2D eigenvalue weighted by Crippen LogP contribution is 2.50. The third kappa shape index (κ3) is 4.13. The van der Waals surface area contributed by atoms with Crippen LogP contribution in [0.4, 0.5) is 0 Å². The van der Waals surface area contributed by atoms with Crippen molar-refractivity contribution in [2.75, 3.05) is 7.11 Å². The fourth-order valence-electron chi connectivity index (χ4n) is 5.04. The summed E-state index contributed by atoms with van der Waals surface area (Å²) in [6.45, 7) is 2.25. The van der Waals surface area contributed by atoms with Crippen LogP contribution in [0.1, 0.15) is 73.4 Å². The van der Waals surface area contributed by atoms with Crippen LogP contribution in [0.15, 0.2) is 66.7 Å². The lowest BCUT2D eigenvalue weighted by Crippen LogP contribution is -2.25. The van der Waals surface area contributed by atoms with Crippen LogP contribution in [0.25, 0.3) is 22.3 Å². The van der Waals surface area contributed by atoms with E-state index in [4.69, 9.17) is 12.6 Å². The van der Waals surface area contributed by atoms with E-state index in [-0.39, 0.29) is 5.97 Å². The molecule has 3 aromatic rings. The Labute approximate surface area is 193 Å². The fraction of sp³-hybridized carbons (Fsp3) is 0.345. The largest absolute Gasteiger partial charge is 0.465 e. The van der Waals surface area contributed by atoms with E-state index in [2.05, 4.69) is 49.4 Å². The molecular formula is C29H31BO2. The fourth-order valence-corrected chi connectivity index (χ4v) is 5.04. The molecule has 2 nitrogen and oxygen atoms in total. The molecule has 3 aromatic carbocycles. The minimum Gasteiger partial charge on any atom is -0.465 e. The van der Waals surface area contributed by atoms with E-state index < -0.39 is 5.31 Å². The summed E-state index contributed by atoms with van der Waals surface area (Å²) < 4.78 is 5.01. The zero-order valence-corrected chi connectivity index (χ0v) is 19.2. The summed E-state index contributed by atoms with van der Waals surface area (Å²) in [5.41, 5.74) is 7.24. The Morgan fingerprint density at radius 1 is 0.812 bits per heavy atom. The quantitative estimate of drug-likeness (QED) is 0.206. The number of rotatable bonds is 9. The Kier molecular flexibility index (Phi) is 6.84. The van der Waals surface area contributed by atoms with Crippen molar-refractivity contribution in [2.24, 2.45) is 0 Å². The van der Waals surface area contributed by atoms with Crippen LogP contribution >= 0.6 is 0 Å². The van der Waals surface area contributed by atoms with Crippen molar-refractivity contribution in [3.05, 3.63) is 83.4 Å². The van der Waals surface area contributed by atoms with Crippen molar-refractivity contribution in [3.8, 4) is 22.3 Å². The van der Waals surface area contributed by atoms with Crippen molar-refractivity contribution in [2.45, 2.75) is 57.2 Å². The number of unbranched alkanes of at least 4 members (excludes halogenated alkanes) is 5. The van der Waals surface area contributed by atoms with E-state index in [9.17, 15) is 4.79 Å². The Bertz CT molecular complexity index is 1100. The maximum absolute atomic E-state index is 12.3. The molecule has 32 heavy (non-hydrogen) atoms. The van der Waals surface area contributed by atoms with Gasteiger partial charge in [0.25, 0.3) is 0 Å². The molecule has 0 aliphatic heterocycles. The number of hydrogen-bond acceptors (Lipinski definition) is 2. The monoisotopic (exact) mass is 422 g/mol. The summed E-state index contributed by atoms with van der Waals surface area (Å²) in [5, 5.41) is -0.507. The number of esters is 1. The molecule has 0 bridgehead atoms. The van der Waals surface area contributed by atoms with E-state index in [1.54, 1.807) is 0 Å². The van der Waals surface area contributed by atoms with Crippen LogP contribution < -0.4 is 0 Å². The molecule has 1 unspecified atom stereocenters. The zero-order chi connectivity index (χ0) is 22.6. The van der Waals surface area contributed by atoms with Crippen LogP contribution in [0.2, 0.25) is 0 Å². The number of ether oxygens (including phenoxy) is 1. The smallest absolute Gasteiger partial charge is 0.338 e. The third-order valence-corrected chi connectivity index (χ3v) is 6.77. The molecule has 1 aliphatic rings. The molecule has 1 atom stereocenters. The summed E-state index contributed by atoms with van der Waals surface area (Å²) in [6.07, 6.45) is 8.38. The topological polar surface area (TPSA) is 26.3 Å². The van der Waals surface area contributed by atoms with Gasteiger partial charge in [0.2, 0.25) is 0 Å². The Balaban J connectivity index is 1.71. The first-order chi connectivity index (χ1) is 15.6. The van der Waals surface area contributed by atoms with E-state index in [1.165, 1.54) is 55.9 Å². The molecule has 4 rings (SSSR count). The minimum atomic E-state index is -0.507. The van der Waals surface area contributed by atoms with Gasteiger partial charge in [-0.3, -0.25) is 0 Å². The van der Waals surface area contributed by atoms with Crippen LogP contribution in [0.3, 0.4) is 0 Å². The molecule has 3 heteroatoms. The molecule has 0 saturated carbocycles.